The summed E-state index contributed by atoms with van der Waals surface area (Å²) in [5, 5.41) is 0.802. The number of nitrogens with zero attached hydrogens (tertiary/aromatic N) is 4. The highest BCUT2D eigenvalue weighted by Gasteiger charge is 2.06. The summed E-state index contributed by atoms with van der Waals surface area (Å²) in [6.07, 6.45) is 0. The highest BCUT2D eigenvalue weighted by molar-refractivity contribution is 8.00. The highest BCUT2D eigenvalue weighted by atomic mass is 32.2. The van der Waals surface area contributed by atoms with Gasteiger partial charge in [-0.3, -0.25) is 5.43 Å². The van der Waals surface area contributed by atoms with Crippen LogP contribution in [-0.2, 0) is 0 Å². The summed E-state index contributed by atoms with van der Waals surface area (Å²) in [4.78, 5) is 12.6. The number of aryl methyl sites for hydroxylation is 2. The Hall–Kier alpha value is -1.25. The summed E-state index contributed by atoms with van der Waals surface area (Å²) >= 11 is 2.80. The summed E-state index contributed by atoms with van der Waals surface area (Å²) in [5.41, 5.74) is 3.28. The molecule has 0 aliphatic rings. The van der Waals surface area contributed by atoms with Gasteiger partial charge < -0.3 is 0 Å². The molecule has 0 saturated carbocycles. The Morgan fingerprint density at radius 2 is 2.12 bits per heavy atom. The van der Waals surface area contributed by atoms with E-state index in [0.29, 0.717) is 5.95 Å². The fourth-order valence-corrected chi connectivity index (χ4v) is 2.72. The van der Waals surface area contributed by atoms with Crippen molar-refractivity contribution in [1.82, 2.24) is 19.3 Å². The van der Waals surface area contributed by atoms with E-state index in [0.717, 1.165) is 20.9 Å². The lowest BCUT2D eigenvalue weighted by Crippen LogP contribution is -2.11. The van der Waals surface area contributed by atoms with E-state index < -0.39 is 0 Å². The first-order chi connectivity index (χ1) is 7.67. The number of hydrazine groups is 1. The predicted octanol–water partition coefficient (Wildman–Crippen LogP) is 1.38. The molecule has 0 bridgehead atoms. The van der Waals surface area contributed by atoms with Crippen LogP contribution in [0.15, 0.2) is 15.4 Å². The van der Waals surface area contributed by atoms with Gasteiger partial charge in [-0.2, -0.15) is 4.37 Å². The standard InChI is InChI=1S/C8H10N6S2/c1-4-3-6(12-7(10-4)13-9)15-8-11-5(2)14-16-8/h3H,9H2,1-2H3,(H,10,12,13). The third-order valence-electron chi connectivity index (χ3n) is 1.66. The average molecular weight is 254 g/mol. The summed E-state index contributed by atoms with van der Waals surface area (Å²) < 4.78 is 4.96. The predicted molar refractivity (Wildman–Crippen MR) is 63.3 cm³/mol. The summed E-state index contributed by atoms with van der Waals surface area (Å²) in [7, 11) is 0. The van der Waals surface area contributed by atoms with E-state index in [4.69, 9.17) is 5.84 Å². The van der Waals surface area contributed by atoms with Gasteiger partial charge in [0.05, 0.1) is 0 Å². The van der Waals surface area contributed by atoms with E-state index in [9.17, 15) is 0 Å². The van der Waals surface area contributed by atoms with Crippen LogP contribution in [-0.4, -0.2) is 19.3 Å². The molecule has 2 aromatic heterocycles. The van der Waals surface area contributed by atoms with E-state index in [2.05, 4.69) is 24.8 Å². The van der Waals surface area contributed by atoms with Crippen molar-refractivity contribution in [3.63, 3.8) is 0 Å². The van der Waals surface area contributed by atoms with Gasteiger partial charge in [0.15, 0.2) is 4.34 Å². The molecule has 16 heavy (non-hydrogen) atoms. The van der Waals surface area contributed by atoms with Crippen molar-refractivity contribution in [2.24, 2.45) is 5.84 Å². The van der Waals surface area contributed by atoms with Gasteiger partial charge in [0.2, 0.25) is 5.95 Å². The third kappa shape index (κ3) is 2.65. The molecular formula is C8H10N6S2. The molecule has 0 spiro atoms. The maximum absolute atomic E-state index is 5.28. The molecule has 0 unspecified atom stereocenters. The molecule has 84 valence electrons. The number of hydrogen-bond acceptors (Lipinski definition) is 8. The van der Waals surface area contributed by atoms with Crippen LogP contribution in [0, 0.1) is 13.8 Å². The third-order valence-corrected chi connectivity index (χ3v) is 3.42. The van der Waals surface area contributed by atoms with Crippen LogP contribution < -0.4 is 11.3 Å². The van der Waals surface area contributed by atoms with Crippen molar-refractivity contribution >= 4 is 29.2 Å². The van der Waals surface area contributed by atoms with Gasteiger partial charge in [-0.25, -0.2) is 20.8 Å². The summed E-state index contributed by atoms with van der Waals surface area (Å²) in [5.74, 6) is 6.46. The maximum atomic E-state index is 5.28. The van der Waals surface area contributed by atoms with Gasteiger partial charge in [-0.05, 0) is 43.2 Å². The highest BCUT2D eigenvalue weighted by Crippen LogP contribution is 2.28. The van der Waals surface area contributed by atoms with Crippen LogP contribution in [0.2, 0.25) is 0 Å². The lowest BCUT2D eigenvalue weighted by atomic mass is 10.5. The normalized spacial score (nSPS) is 10.4. The van der Waals surface area contributed by atoms with Gasteiger partial charge in [0.1, 0.15) is 10.9 Å². The van der Waals surface area contributed by atoms with Gasteiger partial charge in [-0.15, -0.1) is 0 Å². The second-order valence-corrected chi connectivity index (χ2v) is 5.04. The first kappa shape index (κ1) is 11.2. The zero-order valence-corrected chi connectivity index (χ0v) is 10.4. The average Bonchev–Trinajstić information content (AvgIpc) is 2.63. The van der Waals surface area contributed by atoms with E-state index in [1.165, 1.54) is 23.3 Å². The number of nitrogens with one attached hydrogen (secondary N) is 1. The molecule has 6 nitrogen and oxygen atoms in total. The smallest absolute Gasteiger partial charge is 0.238 e. The molecule has 0 aromatic carbocycles. The molecule has 0 atom stereocenters. The lowest BCUT2D eigenvalue weighted by Gasteiger charge is -2.02. The van der Waals surface area contributed by atoms with Crippen molar-refractivity contribution in [1.29, 1.82) is 0 Å². The number of hydrogen-bond donors (Lipinski definition) is 2. The van der Waals surface area contributed by atoms with Crippen LogP contribution in [0.3, 0.4) is 0 Å². The van der Waals surface area contributed by atoms with Crippen molar-refractivity contribution in [3.8, 4) is 0 Å². The fraction of sp³-hybridized carbons (Fsp3) is 0.250. The second kappa shape index (κ2) is 4.73. The minimum atomic E-state index is 0.406. The van der Waals surface area contributed by atoms with Crippen LogP contribution in [0.4, 0.5) is 5.95 Å². The maximum Gasteiger partial charge on any atom is 0.238 e. The number of aromatic nitrogens is 4. The van der Waals surface area contributed by atoms with Crippen LogP contribution >= 0.6 is 23.3 Å². The Kier molecular flexibility index (Phi) is 3.32. The first-order valence-electron chi connectivity index (χ1n) is 4.48. The molecule has 2 heterocycles. The number of nitrogen functional groups attached to an aromatic ring is 1. The van der Waals surface area contributed by atoms with E-state index in [1.54, 1.807) is 0 Å². The zero-order valence-electron chi connectivity index (χ0n) is 8.76. The summed E-state index contributed by atoms with van der Waals surface area (Å²) in [6.45, 7) is 3.75. The topological polar surface area (TPSA) is 89.6 Å². The molecule has 0 saturated heterocycles. The monoisotopic (exact) mass is 254 g/mol. The minimum Gasteiger partial charge on any atom is -0.292 e. The SMILES string of the molecule is Cc1cc(Sc2nc(C)ns2)nc(NN)n1. The minimum absolute atomic E-state index is 0.406. The lowest BCUT2D eigenvalue weighted by molar-refractivity contribution is 0.991. The fourth-order valence-electron chi connectivity index (χ4n) is 1.07. The quantitative estimate of drug-likeness (QED) is 0.486. The van der Waals surface area contributed by atoms with Crippen molar-refractivity contribution in [2.45, 2.75) is 23.2 Å². The Morgan fingerprint density at radius 1 is 1.31 bits per heavy atom. The zero-order chi connectivity index (χ0) is 11.5. The molecule has 0 aliphatic carbocycles. The number of nitrogens with two attached hydrogens (primary N) is 1. The second-order valence-electron chi connectivity index (χ2n) is 3.03. The van der Waals surface area contributed by atoms with E-state index in [-0.39, 0.29) is 0 Å². The Balaban J connectivity index is 2.24. The van der Waals surface area contributed by atoms with Crippen LogP contribution in [0.1, 0.15) is 11.5 Å². The number of anilines is 1. The van der Waals surface area contributed by atoms with Crippen LogP contribution in [0.5, 0.6) is 0 Å². The van der Waals surface area contributed by atoms with Crippen molar-refractivity contribution < 1.29 is 0 Å². The molecule has 8 heteroatoms. The van der Waals surface area contributed by atoms with Crippen molar-refractivity contribution in [3.05, 3.63) is 17.6 Å². The van der Waals surface area contributed by atoms with Crippen molar-refractivity contribution in [2.75, 3.05) is 5.43 Å². The number of rotatable bonds is 3. The molecule has 0 radical (unpaired) electrons. The molecule has 2 rings (SSSR count). The Bertz CT molecular complexity index is 497. The summed E-state index contributed by atoms with van der Waals surface area (Å²) in [6, 6.07) is 1.88. The van der Waals surface area contributed by atoms with E-state index in [1.807, 2.05) is 19.9 Å². The molecule has 3 N–H and O–H groups in total. The molecule has 0 fully saturated rings. The van der Waals surface area contributed by atoms with Gasteiger partial charge in [0, 0.05) is 5.69 Å². The van der Waals surface area contributed by atoms with Crippen LogP contribution in [0.25, 0.3) is 0 Å². The van der Waals surface area contributed by atoms with Gasteiger partial charge in [0.25, 0.3) is 0 Å². The first-order valence-corrected chi connectivity index (χ1v) is 6.07. The molecule has 2 aromatic rings. The molecule has 0 aliphatic heterocycles. The largest absolute Gasteiger partial charge is 0.292 e. The van der Waals surface area contributed by atoms with Gasteiger partial charge >= 0.3 is 0 Å². The Morgan fingerprint density at radius 3 is 2.75 bits per heavy atom. The molecular weight excluding hydrogens is 244 g/mol. The van der Waals surface area contributed by atoms with E-state index >= 15 is 0 Å². The Labute approximate surface area is 101 Å². The molecule has 0 amide bonds. The van der Waals surface area contributed by atoms with Gasteiger partial charge in [-0.1, -0.05) is 0 Å².